The Balaban J connectivity index is 1.14. The Morgan fingerprint density at radius 2 is 1.57 bits per heavy atom. The number of para-hydroxylation sites is 1. The molecule has 0 radical (unpaired) electrons. The highest BCUT2D eigenvalue weighted by molar-refractivity contribution is 6.12. The SMILES string of the molecule is CCCc1coc([C@H](Cc2ccc(OCCc3nc(-c4ccccc4)oc3C)cc2)Nc2ccccc2C(=O)c2ccccc2)n1. The van der Waals surface area contributed by atoms with Crippen LogP contribution in [0.5, 0.6) is 5.75 Å². The smallest absolute Gasteiger partial charge is 0.226 e. The summed E-state index contributed by atoms with van der Waals surface area (Å²) in [6.07, 6.45) is 4.78. The molecule has 6 rings (SSSR count). The van der Waals surface area contributed by atoms with Gasteiger partial charge in [-0.05, 0) is 55.3 Å². The van der Waals surface area contributed by atoms with Crippen LogP contribution in [-0.4, -0.2) is 22.4 Å². The van der Waals surface area contributed by atoms with Crippen LogP contribution in [0, 0.1) is 6.92 Å². The normalized spacial score (nSPS) is 11.7. The van der Waals surface area contributed by atoms with E-state index >= 15 is 0 Å². The summed E-state index contributed by atoms with van der Waals surface area (Å²) >= 11 is 0. The fourth-order valence-electron chi connectivity index (χ4n) is 5.38. The number of hydrogen-bond donors (Lipinski definition) is 1. The van der Waals surface area contributed by atoms with Crippen molar-refractivity contribution in [3.8, 4) is 17.2 Å². The van der Waals surface area contributed by atoms with E-state index in [0.29, 0.717) is 42.4 Å². The molecule has 46 heavy (non-hydrogen) atoms. The van der Waals surface area contributed by atoms with E-state index in [0.717, 1.165) is 52.6 Å². The third kappa shape index (κ3) is 7.44. The highest BCUT2D eigenvalue weighted by Gasteiger charge is 2.22. The van der Waals surface area contributed by atoms with Crippen LogP contribution in [0.4, 0.5) is 5.69 Å². The monoisotopic (exact) mass is 611 g/mol. The molecule has 2 heterocycles. The number of carbonyl (C=O) groups excluding carboxylic acids is 1. The van der Waals surface area contributed by atoms with Crippen LogP contribution < -0.4 is 10.1 Å². The number of ether oxygens (including phenoxy) is 1. The van der Waals surface area contributed by atoms with Gasteiger partial charge < -0.3 is 18.9 Å². The first kappa shape index (κ1) is 30.6. The largest absolute Gasteiger partial charge is 0.493 e. The third-order valence-corrected chi connectivity index (χ3v) is 7.80. The van der Waals surface area contributed by atoms with E-state index in [2.05, 4.69) is 29.4 Å². The maximum Gasteiger partial charge on any atom is 0.226 e. The van der Waals surface area contributed by atoms with Gasteiger partial charge in [-0.2, -0.15) is 0 Å². The average molecular weight is 612 g/mol. The number of carbonyl (C=O) groups is 1. The van der Waals surface area contributed by atoms with Gasteiger partial charge in [0.1, 0.15) is 23.8 Å². The minimum absolute atomic E-state index is 0.0415. The van der Waals surface area contributed by atoms with Crippen LogP contribution in [0.3, 0.4) is 0 Å². The maximum atomic E-state index is 13.4. The lowest BCUT2D eigenvalue weighted by atomic mass is 10.00. The Morgan fingerprint density at radius 1 is 0.848 bits per heavy atom. The fraction of sp³-hybridized carbons (Fsp3) is 0.205. The van der Waals surface area contributed by atoms with E-state index < -0.39 is 0 Å². The molecule has 0 unspecified atom stereocenters. The predicted octanol–water partition coefficient (Wildman–Crippen LogP) is 8.84. The number of oxazole rings is 2. The molecule has 0 spiro atoms. The van der Waals surface area contributed by atoms with Gasteiger partial charge >= 0.3 is 0 Å². The molecule has 4 aromatic carbocycles. The van der Waals surface area contributed by atoms with Gasteiger partial charge in [0.05, 0.1) is 18.0 Å². The van der Waals surface area contributed by atoms with Crippen molar-refractivity contribution in [2.24, 2.45) is 0 Å². The summed E-state index contributed by atoms with van der Waals surface area (Å²) < 4.78 is 17.9. The van der Waals surface area contributed by atoms with E-state index in [1.807, 2.05) is 104 Å². The predicted molar refractivity (Wildman–Crippen MR) is 179 cm³/mol. The Kier molecular flexibility index (Phi) is 9.69. The molecule has 232 valence electrons. The standard InChI is InChI=1S/C39H37N3O4/c1-3-12-31-26-45-39(40-31)36(41-35-18-11-10-17-33(35)37(43)29-13-6-4-7-14-29)25-28-19-21-32(22-20-28)44-24-23-34-27(2)46-38(42-34)30-15-8-5-9-16-30/h4-11,13-22,26,36,41H,3,12,23-25H2,1-2H3/t36-/m0/s1. The van der Waals surface area contributed by atoms with Gasteiger partial charge in [0.2, 0.25) is 11.8 Å². The van der Waals surface area contributed by atoms with Crippen molar-refractivity contribution in [3.63, 3.8) is 0 Å². The van der Waals surface area contributed by atoms with E-state index in [4.69, 9.17) is 18.6 Å². The summed E-state index contributed by atoms with van der Waals surface area (Å²) in [5, 5.41) is 3.58. The van der Waals surface area contributed by atoms with Crippen molar-refractivity contribution in [2.75, 3.05) is 11.9 Å². The Morgan fingerprint density at radius 3 is 2.33 bits per heavy atom. The number of ketones is 1. The molecule has 0 amide bonds. The van der Waals surface area contributed by atoms with Gasteiger partial charge in [-0.1, -0.05) is 86.1 Å². The zero-order chi connectivity index (χ0) is 31.7. The summed E-state index contributed by atoms with van der Waals surface area (Å²) in [6.45, 7) is 4.53. The highest BCUT2D eigenvalue weighted by Crippen LogP contribution is 2.28. The van der Waals surface area contributed by atoms with E-state index in [-0.39, 0.29) is 11.8 Å². The summed E-state index contributed by atoms with van der Waals surface area (Å²) in [4.78, 5) is 22.9. The van der Waals surface area contributed by atoms with Crippen LogP contribution in [0.2, 0.25) is 0 Å². The van der Waals surface area contributed by atoms with Crippen molar-refractivity contribution in [3.05, 3.63) is 155 Å². The molecule has 0 saturated carbocycles. The summed E-state index contributed by atoms with van der Waals surface area (Å²) in [5.74, 6) is 2.75. The second kappa shape index (κ2) is 14.6. The first-order valence-corrected chi connectivity index (χ1v) is 15.7. The van der Waals surface area contributed by atoms with Gasteiger partial charge in [0.25, 0.3) is 0 Å². The van der Waals surface area contributed by atoms with E-state index in [1.54, 1.807) is 6.26 Å². The third-order valence-electron chi connectivity index (χ3n) is 7.80. The van der Waals surface area contributed by atoms with Gasteiger partial charge in [-0.15, -0.1) is 0 Å². The Hall–Kier alpha value is -5.43. The second-order valence-corrected chi connectivity index (χ2v) is 11.2. The number of nitrogens with one attached hydrogen (secondary N) is 1. The lowest BCUT2D eigenvalue weighted by molar-refractivity contribution is 0.103. The molecular formula is C39H37N3O4. The molecule has 0 aliphatic carbocycles. The summed E-state index contributed by atoms with van der Waals surface area (Å²) in [7, 11) is 0. The molecule has 0 fully saturated rings. The molecule has 0 bridgehead atoms. The van der Waals surface area contributed by atoms with Crippen molar-refractivity contribution in [1.29, 1.82) is 0 Å². The second-order valence-electron chi connectivity index (χ2n) is 11.2. The first-order chi connectivity index (χ1) is 22.6. The summed E-state index contributed by atoms with van der Waals surface area (Å²) in [6, 6.07) is 34.6. The molecule has 6 aromatic rings. The lowest BCUT2D eigenvalue weighted by Crippen LogP contribution is -2.17. The number of benzene rings is 4. The van der Waals surface area contributed by atoms with Gasteiger partial charge in [0, 0.05) is 35.2 Å². The lowest BCUT2D eigenvalue weighted by Gasteiger charge is -2.19. The summed E-state index contributed by atoms with van der Waals surface area (Å²) in [5.41, 5.74) is 5.81. The highest BCUT2D eigenvalue weighted by atomic mass is 16.5. The number of hydrogen-bond acceptors (Lipinski definition) is 7. The topological polar surface area (TPSA) is 90.4 Å². The minimum atomic E-state index is -0.295. The number of aromatic nitrogens is 2. The van der Waals surface area contributed by atoms with Crippen molar-refractivity contribution >= 4 is 11.5 Å². The van der Waals surface area contributed by atoms with E-state index in [9.17, 15) is 4.79 Å². The van der Waals surface area contributed by atoms with Crippen LogP contribution in [0.15, 0.2) is 124 Å². The molecule has 7 heteroatoms. The zero-order valence-electron chi connectivity index (χ0n) is 26.1. The quantitative estimate of drug-likeness (QED) is 0.123. The van der Waals surface area contributed by atoms with Gasteiger partial charge in [-0.25, -0.2) is 9.97 Å². The molecule has 1 N–H and O–H groups in total. The fourth-order valence-corrected chi connectivity index (χ4v) is 5.38. The van der Waals surface area contributed by atoms with Crippen molar-refractivity contribution < 1.29 is 18.4 Å². The number of aryl methyl sites for hydroxylation is 2. The van der Waals surface area contributed by atoms with Crippen molar-refractivity contribution in [1.82, 2.24) is 9.97 Å². The molecule has 0 aliphatic rings. The minimum Gasteiger partial charge on any atom is -0.493 e. The molecule has 7 nitrogen and oxygen atoms in total. The first-order valence-electron chi connectivity index (χ1n) is 15.7. The molecular weight excluding hydrogens is 574 g/mol. The van der Waals surface area contributed by atoms with Crippen molar-refractivity contribution in [2.45, 2.75) is 45.6 Å². The Bertz CT molecular complexity index is 1860. The van der Waals surface area contributed by atoms with Crippen LogP contribution in [0.1, 0.15) is 63.9 Å². The van der Waals surface area contributed by atoms with Crippen LogP contribution in [0.25, 0.3) is 11.5 Å². The molecule has 1 atom stereocenters. The Labute approximate surface area is 269 Å². The van der Waals surface area contributed by atoms with Crippen LogP contribution in [-0.2, 0) is 19.3 Å². The van der Waals surface area contributed by atoms with E-state index in [1.165, 1.54) is 0 Å². The number of rotatable bonds is 14. The molecule has 2 aromatic heterocycles. The zero-order valence-corrected chi connectivity index (χ0v) is 26.1. The van der Waals surface area contributed by atoms with Gasteiger partial charge in [0.15, 0.2) is 5.78 Å². The molecule has 0 saturated heterocycles. The van der Waals surface area contributed by atoms with Crippen LogP contribution >= 0.6 is 0 Å². The maximum absolute atomic E-state index is 13.4. The van der Waals surface area contributed by atoms with Gasteiger partial charge in [-0.3, -0.25) is 4.79 Å². The number of nitrogens with zero attached hydrogens (tertiary/aromatic N) is 2. The number of anilines is 1. The molecule has 0 aliphatic heterocycles. The average Bonchev–Trinajstić information content (AvgIpc) is 3.72.